The molecular weight excluding hydrogens is 372 g/mol. The minimum Gasteiger partial charge on any atom is -0.494 e. The first-order valence-electron chi connectivity index (χ1n) is 9.26. The van der Waals surface area contributed by atoms with Crippen LogP contribution in [-0.4, -0.2) is 12.5 Å². The van der Waals surface area contributed by atoms with Crippen LogP contribution >= 0.6 is 11.6 Å². The summed E-state index contributed by atoms with van der Waals surface area (Å²) in [7, 11) is 0. The molecule has 3 aromatic carbocycles. The van der Waals surface area contributed by atoms with E-state index in [1.54, 1.807) is 4.90 Å². The van der Waals surface area contributed by atoms with Gasteiger partial charge in [-0.25, -0.2) is 0 Å². The fraction of sp³-hybridized carbons (Fsp3) is 0.174. The summed E-state index contributed by atoms with van der Waals surface area (Å²) in [5.74, 6) is 0.742. The maximum Gasteiger partial charge on any atom is 0.262 e. The molecule has 1 heterocycles. The van der Waals surface area contributed by atoms with Crippen LogP contribution in [0, 0.1) is 6.92 Å². The van der Waals surface area contributed by atoms with Crippen molar-refractivity contribution in [1.82, 2.24) is 0 Å². The molecule has 142 valence electrons. The Kier molecular flexibility index (Phi) is 4.97. The van der Waals surface area contributed by atoms with Crippen LogP contribution in [0.5, 0.6) is 5.75 Å². The number of para-hydroxylation sites is 1. The topological polar surface area (TPSA) is 41.6 Å². The van der Waals surface area contributed by atoms with Crippen molar-refractivity contribution < 1.29 is 9.53 Å². The number of carbonyl (C=O) groups is 1. The van der Waals surface area contributed by atoms with Crippen molar-refractivity contribution in [1.29, 1.82) is 0 Å². The Balaban J connectivity index is 1.81. The molecule has 1 aliphatic rings. The lowest BCUT2D eigenvalue weighted by atomic mass is 10.0. The van der Waals surface area contributed by atoms with E-state index in [0.29, 0.717) is 17.2 Å². The van der Waals surface area contributed by atoms with Gasteiger partial charge in [0.15, 0.2) is 0 Å². The molecule has 0 aliphatic carbocycles. The van der Waals surface area contributed by atoms with Crippen molar-refractivity contribution in [2.75, 3.05) is 16.8 Å². The van der Waals surface area contributed by atoms with Gasteiger partial charge in [-0.3, -0.25) is 9.69 Å². The molecule has 0 radical (unpaired) electrons. The molecule has 0 bridgehead atoms. The standard InChI is InChI=1S/C23H21ClN2O2/c1-3-28-18-12-9-16(10-13-18)22-25-21-7-5-4-6-19(21)23(27)26(22)17-11-8-15(2)20(24)14-17/h4-14,22,25H,3H2,1-2H3. The maximum atomic E-state index is 13.4. The van der Waals surface area contributed by atoms with Gasteiger partial charge in [-0.1, -0.05) is 41.9 Å². The third-order valence-corrected chi connectivity index (χ3v) is 5.27. The molecule has 4 nitrogen and oxygen atoms in total. The number of hydrogen-bond acceptors (Lipinski definition) is 3. The van der Waals surface area contributed by atoms with Crippen LogP contribution < -0.4 is 15.0 Å². The van der Waals surface area contributed by atoms with Gasteiger partial charge in [0.05, 0.1) is 12.2 Å². The normalized spacial score (nSPS) is 15.8. The zero-order valence-corrected chi connectivity index (χ0v) is 16.5. The second kappa shape index (κ2) is 7.56. The van der Waals surface area contributed by atoms with Crippen molar-refractivity contribution in [2.45, 2.75) is 20.0 Å². The van der Waals surface area contributed by atoms with Crippen molar-refractivity contribution in [2.24, 2.45) is 0 Å². The molecule has 3 aromatic rings. The van der Waals surface area contributed by atoms with Crippen LogP contribution in [0.15, 0.2) is 66.7 Å². The number of nitrogens with one attached hydrogen (secondary N) is 1. The van der Waals surface area contributed by atoms with E-state index in [9.17, 15) is 4.79 Å². The minimum atomic E-state index is -0.350. The summed E-state index contributed by atoms with van der Waals surface area (Å²) in [6.45, 7) is 4.51. The quantitative estimate of drug-likeness (QED) is 0.608. The fourth-order valence-electron chi connectivity index (χ4n) is 3.40. The van der Waals surface area contributed by atoms with E-state index in [0.717, 1.165) is 28.3 Å². The van der Waals surface area contributed by atoms with Gasteiger partial charge in [-0.2, -0.15) is 0 Å². The molecule has 0 aromatic heterocycles. The van der Waals surface area contributed by atoms with Gasteiger partial charge in [0, 0.05) is 16.4 Å². The highest BCUT2D eigenvalue weighted by molar-refractivity contribution is 6.31. The molecule has 1 N–H and O–H groups in total. The van der Waals surface area contributed by atoms with Gasteiger partial charge in [-0.15, -0.1) is 0 Å². The van der Waals surface area contributed by atoms with E-state index < -0.39 is 0 Å². The highest BCUT2D eigenvalue weighted by Gasteiger charge is 2.34. The molecule has 0 fully saturated rings. The molecule has 4 rings (SSSR count). The predicted molar refractivity (Wildman–Crippen MR) is 113 cm³/mol. The molecule has 1 unspecified atom stereocenters. The number of benzene rings is 3. The second-order valence-corrected chi connectivity index (χ2v) is 7.11. The lowest BCUT2D eigenvalue weighted by Crippen LogP contribution is -2.43. The molecule has 28 heavy (non-hydrogen) atoms. The summed E-state index contributed by atoms with van der Waals surface area (Å²) in [5, 5.41) is 4.13. The first-order valence-corrected chi connectivity index (χ1v) is 9.64. The molecule has 1 amide bonds. The Morgan fingerprint density at radius 1 is 1.07 bits per heavy atom. The Labute approximate surface area is 169 Å². The summed E-state index contributed by atoms with van der Waals surface area (Å²) in [6.07, 6.45) is -0.350. The number of carbonyl (C=O) groups excluding carboxylic acids is 1. The zero-order chi connectivity index (χ0) is 19.7. The van der Waals surface area contributed by atoms with Crippen LogP contribution in [-0.2, 0) is 0 Å². The molecule has 5 heteroatoms. The highest BCUT2D eigenvalue weighted by Crippen LogP contribution is 2.38. The van der Waals surface area contributed by atoms with E-state index >= 15 is 0 Å². The first-order chi connectivity index (χ1) is 13.6. The number of hydrogen-bond donors (Lipinski definition) is 1. The number of halogens is 1. The fourth-order valence-corrected chi connectivity index (χ4v) is 3.57. The number of ether oxygens (including phenoxy) is 1. The maximum absolute atomic E-state index is 13.4. The number of fused-ring (bicyclic) bond motifs is 1. The molecule has 0 saturated heterocycles. The van der Waals surface area contributed by atoms with E-state index in [1.807, 2.05) is 80.6 Å². The average Bonchev–Trinajstić information content (AvgIpc) is 2.71. The van der Waals surface area contributed by atoms with Crippen LogP contribution in [0.1, 0.15) is 34.6 Å². The van der Waals surface area contributed by atoms with Gasteiger partial charge in [0.1, 0.15) is 11.9 Å². The molecule has 0 spiro atoms. The van der Waals surface area contributed by atoms with E-state index in [-0.39, 0.29) is 12.1 Å². The largest absolute Gasteiger partial charge is 0.494 e. The molecule has 1 aliphatic heterocycles. The van der Waals surface area contributed by atoms with Gasteiger partial charge < -0.3 is 10.1 Å². The molecule has 1 atom stereocenters. The Morgan fingerprint density at radius 2 is 1.82 bits per heavy atom. The Morgan fingerprint density at radius 3 is 2.54 bits per heavy atom. The van der Waals surface area contributed by atoms with Gasteiger partial charge in [0.25, 0.3) is 5.91 Å². The first kappa shape index (κ1) is 18.4. The lowest BCUT2D eigenvalue weighted by molar-refractivity contribution is 0.0975. The van der Waals surface area contributed by atoms with Crippen molar-refractivity contribution in [3.05, 3.63) is 88.4 Å². The minimum absolute atomic E-state index is 0.0619. The third kappa shape index (κ3) is 3.32. The SMILES string of the molecule is CCOc1ccc(C2Nc3ccccc3C(=O)N2c2ccc(C)c(Cl)c2)cc1. The van der Waals surface area contributed by atoms with Crippen molar-refractivity contribution in [3.63, 3.8) is 0 Å². The summed E-state index contributed by atoms with van der Waals surface area (Å²) < 4.78 is 5.55. The Hall–Kier alpha value is -2.98. The summed E-state index contributed by atoms with van der Waals surface area (Å²) in [5.41, 5.74) is 4.15. The highest BCUT2D eigenvalue weighted by atomic mass is 35.5. The smallest absolute Gasteiger partial charge is 0.262 e. The van der Waals surface area contributed by atoms with Crippen LogP contribution in [0.3, 0.4) is 0 Å². The van der Waals surface area contributed by atoms with Crippen molar-refractivity contribution in [3.8, 4) is 5.75 Å². The van der Waals surface area contributed by atoms with Crippen LogP contribution in [0.2, 0.25) is 5.02 Å². The van der Waals surface area contributed by atoms with E-state index in [1.165, 1.54) is 0 Å². The van der Waals surface area contributed by atoms with Gasteiger partial charge >= 0.3 is 0 Å². The van der Waals surface area contributed by atoms with Crippen LogP contribution in [0.4, 0.5) is 11.4 Å². The number of anilines is 2. The molecular formula is C23H21ClN2O2. The monoisotopic (exact) mass is 392 g/mol. The van der Waals surface area contributed by atoms with E-state index in [2.05, 4.69) is 5.32 Å². The van der Waals surface area contributed by atoms with E-state index in [4.69, 9.17) is 16.3 Å². The zero-order valence-electron chi connectivity index (χ0n) is 15.8. The number of amides is 1. The average molecular weight is 393 g/mol. The number of aryl methyl sites for hydroxylation is 1. The number of nitrogens with zero attached hydrogens (tertiary/aromatic N) is 1. The van der Waals surface area contributed by atoms with Crippen molar-refractivity contribution >= 4 is 28.9 Å². The van der Waals surface area contributed by atoms with Gasteiger partial charge in [0.2, 0.25) is 0 Å². The molecule has 0 saturated carbocycles. The predicted octanol–water partition coefficient (Wildman–Crippen LogP) is 5.82. The third-order valence-electron chi connectivity index (χ3n) is 4.87. The second-order valence-electron chi connectivity index (χ2n) is 6.70. The summed E-state index contributed by atoms with van der Waals surface area (Å²) >= 11 is 6.36. The Bertz CT molecular complexity index is 1020. The van der Waals surface area contributed by atoms with Gasteiger partial charge in [-0.05, 0) is 61.4 Å². The summed E-state index contributed by atoms with van der Waals surface area (Å²) in [6, 6.07) is 21.1. The summed E-state index contributed by atoms with van der Waals surface area (Å²) in [4.78, 5) is 15.1. The number of rotatable bonds is 4. The lowest BCUT2D eigenvalue weighted by Gasteiger charge is -2.38. The van der Waals surface area contributed by atoms with Crippen LogP contribution in [0.25, 0.3) is 0 Å².